The molecule has 1 atom stereocenters. The van der Waals surface area contributed by atoms with Gasteiger partial charge >= 0.3 is 0 Å². The van der Waals surface area contributed by atoms with E-state index < -0.39 is 11.7 Å². The second kappa shape index (κ2) is 11.2. The number of hydrogen-bond donors (Lipinski definition) is 2. The van der Waals surface area contributed by atoms with Gasteiger partial charge in [0.1, 0.15) is 17.2 Å². The van der Waals surface area contributed by atoms with Gasteiger partial charge in [0, 0.05) is 47.5 Å². The number of carbonyl (C=O) groups excluding carboxylic acids is 2. The monoisotopic (exact) mass is 613 g/mol. The van der Waals surface area contributed by atoms with Crippen LogP contribution >= 0.6 is 22.7 Å². The predicted octanol–water partition coefficient (Wildman–Crippen LogP) is 4.45. The third kappa shape index (κ3) is 4.92. The molecule has 216 valence electrons. The summed E-state index contributed by atoms with van der Waals surface area (Å²) in [5.74, 6) is -0.959. The van der Waals surface area contributed by atoms with Crippen molar-refractivity contribution in [2.24, 2.45) is 0 Å². The summed E-state index contributed by atoms with van der Waals surface area (Å²) in [7, 11) is 1.57. The number of nitrogens with one attached hydrogen (secondary N) is 2. The minimum Gasteiger partial charge on any atom is -0.353 e. The molecule has 2 amide bonds. The van der Waals surface area contributed by atoms with Crippen molar-refractivity contribution in [3.05, 3.63) is 76.6 Å². The summed E-state index contributed by atoms with van der Waals surface area (Å²) in [6.07, 6.45) is 4.89. The number of anilines is 1. The van der Waals surface area contributed by atoms with E-state index in [0.717, 1.165) is 34.3 Å². The standard InChI is InChI=1S/C29H24FN9O2S2/c1-31-27(40)28-35-22(15-42-28)24-13-19-23(43-24)8-11-34-25(19)38(17-4-2-9-32-14-17)29(41)18-7-6-16(12-20(18)30)39-26-21(36-37-39)5-3-10-33-26/h3,5-8,10-13,15,17,32H,2,4,9,14H2,1H3,(H,31,40)/t17-/m1/s1. The number of hydrogen-bond acceptors (Lipinski definition) is 10. The minimum absolute atomic E-state index is 0.0734. The van der Waals surface area contributed by atoms with Crippen LogP contribution in [0.4, 0.5) is 10.2 Å². The molecule has 1 aliphatic heterocycles. The SMILES string of the molecule is CNC(=O)c1nc(-c2cc3c(N(C(=O)c4ccc(-n5nnc6cccnc65)cc4F)[C@@H]4CCCNC4)nccc3s2)cs1. The average molecular weight is 614 g/mol. The Morgan fingerprint density at radius 3 is 2.88 bits per heavy atom. The minimum atomic E-state index is -0.682. The molecule has 1 saturated heterocycles. The molecule has 14 heteroatoms. The molecule has 0 radical (unpaired) electrons. The van der Waals surface area contributed by atoms with Crippen molar-refractivity contribution in [2.75, 3.05) is 25.0 Å². The van der Waals surface area contributed by atoms with Crippen LogP contribution in [0.5, 0.6) is 0 Å². The summed E-state index contributed by atoms with van der Waals surface area (Å²) >= 11 is 2.76. The lowest BCUT2D eigenvalue weighted by molar-refractivity contribution is 0.0957. The van der Waals surface area contributed by atoms with Crippen LogP contribution < -0.4 is 15.5 Å². The fourth-order valence-electron chi connectivity index (χ4n) is 5.23. The Bertz CT molecular complexity index is 2000. The first-order valence-electron chi connectivity index (χ1n) is 13.6. The molecule has 6 aromatic rings. The number of benzene rings is 1. The third-order valence-corrected chi connectivity index (χ3v) is 9.29. The summed E-state index contributed by atoms with van der Waals surface area (Å²) in [5.41, 5.74) is 2.07. The van der Waals surface area contributed by atoms with E-state index in [2.05, 4.69) is 35.9 Å². The lowest BCUT2D eigenvalue weighted by Crippen LogP contribution is -2.49. The van der Waals surface area contributed by atoms with Crippen molar-refractivity contribution in [3.63, 3.8) is 0 Å². The highest BCUT2D eigenvalue weighted by Crippen LogP contribution is 2.39. The zero-order valence-corrected chi connectivity index (χ0v) is 24.5. The molecule has 43 heavy (non-hydrogen) atoms. The van der Waals surface area contributed by atoms with Gasteiger partial charge < -0.3 is 10.6 Å². The van der Waals surface area contributed by atoms with E-state index in [1.165, 1.54) is 39.5 Å². The second-order valence-corrected chi connectivity index (χ2v) is 11.9. The van der Waals surface area contributed by atoms with Gasteiger partial charge in [-0.05, 0) is 55.8 Å². The topological polar surface area (TPSA) is 131 Å². The van der Waals surface area contributed by atoms with E-state index in [1.54, 1.807) is 42.5 Å². The predicted molar refractivity (Wildman–Crippen MR) is 163 cm³/mol. The quantitative estimate of drug-likeness (QED) is 0.282. The summed E-state index contributed by atoms with van der Waals surface area (Å²) in [6, 6.07) is 11.5. The molecule has 0 unspecified atom stereocenters. The first-order chi connectivity index (χ1) is 21.0. The van der Waals surface area contributed by atoms with Gasteiger partial charge in [0.15, 0.2) is 10.7 Å². The van der Waals surface area contributed by atoms with Gasteiger partial charge in [-0.25, -0.2) is 19.3 Å². The summed E-state index contributed by atoms with van der Waals surface area (Å²) in [5, 5.41) is 17.1. The van der Waals surface area contributed by atoms with Gasteiger partial charge in [0.2, 0.25) is 0 Å². The lowest BCUT2D eigenvalue weighted by Gasteiger charge is -2.34. The molecule has 0 spiro atoms. The Balaban J connectivity index is 1.29. The van der Waals surface area contributed by atoms with Gasteiger partial charge in [0.25, 0.3) is 11.8 Å². The smallest absolute Gasteiger partial charge is 0.280 e. The molecule has 5 aromatic heterocycles. The normalized spacial score (nSPS) is 15.2. The highest BCUT2D eigenvalue weighted by molar-refractivity contribution is 7.22. The summed E-state index contributed by atoms with van der Waals surface area (Å²) in [6.45, 7) is 1.40. The van der Waals surface area contributed by atoms with Crippen LogP contribution in [0.15, 0.2) is 60.2 Å². The van der Waals surface area contributed by atoms with E-state index in [-0.39, 0.29) is 17.5 Å². The van der Waals surface area contributed by atoms with Gasteiger partial charge in [-0.3, -0.25) is 14.5 Å². The number of nitrogens with zero attached hydrogens (tertiary/aromatic N) is 7. The van der Waals surface area contributed by atoms with Crippen molar-refractivity contribution < 1.29 is 14.0 Å². The van der Waals surface area contributed by atoms with Gasteiger partial charge in [-0.2, -0.15) is 4.68 Å². The molecular weight excluding hydrogens is 590 g/mol. The zero-order chi connectivity index (χ0) is 29.5. The van der Waals surface area contributed by atoms with Crippen LogP contribution in [-0.4, -0.2) is 67.9 Å². The number of fused-ring (bicyclic) bond motifs is 2. The van der Waals surface area contributed by atoms with Gasteiger partial charge in [-0.1, -0.05) is 5.21 Å². The number of carbonyl (C=O) groups is 2. The molecular formula is C29H24FN9O2S2. The van der Waals surface area contributed by atoms with E-state index in [0.29, 0.717) is 39.9 Å². The number of rotatable bonds is 6. The average Bonchev–Trinajstić information content (AvgIpc) is 3.80. The molecule has 11 nitrogen and oxygen atoms in total. The number of halogens is 1. The van der Waals surface area contributed by atoms with Crippen molar-refractivity contribution in [2.45, 2.75) is 18.9 Å². The van der Waals surface area contributed by atoms with Crippen LogP contribution in [0.2, 0.25) is 0 Å². The highest BCUT2D eigenvalue weighted by atomic mass is 32.1. The van der Waals surface area contributed by atoms with Crippen molar-refractivity contribution >= 4 is 61.6 Å². The van der Waals surface area contributed by atoms with Crippen molar-refractivity contribution in [1.82, 2.24) is 40.6 Å². The molecule has 6 heterocycles. The molecule has 2 N–H and O–H groups in total. The van der Waals surface area contributed by atoms with Crippen molar-refractivity contribution in [1.29, 1.82) is 0 Å². The fourth-order valence-corrected chi connectivity index (χ4v) is 7.08. The van der Waals surface area contributed by atoms with E-state index in [9.17, 15) is 9.59 Å². The van der Waals surface area contributed by atoms with Gasteiger partial charge in [-0.15, -0.1) is 27.8 Å². The number of pyridine rings is 2. The first-order valence-corrected chi connectivity index (χ1v) is 15.3. The number of amides is 2. The molecule has 1 fully saturated rings. The largest absolute Gasteiger partial charge is 0.353 e. The van der Waals surface area contributed by atoms with Crippen LogP contribution in [0.1, 0.15) is 33.0 Å². The van der Waals surface area contributed by atoms with Crippen molar-refractivity contribution in [3.8, 4) is 16.3 Å². The van der Waals surface area contributed by atoms with E-state index in [4.69, 9.17) is 0 Å². The second-order valence-electron chi connectivity index (χ2n) is 9.96. The summed E-state index contributed by atoms with van der Waals surface area (Å²) in [4.78, 5) is 42.2. The van der Waals surface area contributed by atoms with E-state index in [1.807, 2.05) is 17.5 Å². The zero-order valence-electron chi connectivity index (χ0n) is 22.8. The molecule has 1 aromatic carbocycles. The molecule has 0 bridgehead atoms. The van der Waals surface area contributed by atoms with Crippen LogP contribution in [0.3, 0.4) is 0 Å². The Morgan fingerprint density at radius 2 is 2.07 bits per heavy atom. The van der Waals surface area contributed by atoms with E-state index >= 15 is 4.39 Å². The Kier molecular flexibility index (Phi) is 7.08. The van der Waals surface area contributed by atoms with Crippen LogP contribution in [0.25, 0.3) is 37.5 Å². The maximum atomic E-state index is 15.8. The van der Waals surface area contributed by atoms with Crippen LogP contribution in [-0.2, 0) is 0 Å². The van der Waals surface area contributed by atoms with Crippen LogP contribution in [0, 0.1) is 5.82 Å². The number of piperidine rings is 1. The first kappa shape index (κ1) is 27.2. The molecule has 1 aliphatic rings. The van der Waals surface area contributed by atoms with Gasteiger partial charge in [0.05, 0.1) is 27.9 Å². The third-order valence-electron chi connectivity index (χ3n) is 7.32. The lowest BCUT2D eigenvalue weighted by atomic mass is 10.0. The Hall–Kier alpha value is -4.66. The molecule has 0 aliphatic carbocycles. The molecule has 7 rings (SSSR count). The Morgan fingerprint density at radius 1 is 1.16 bits per heavy atom. The summed E-state index contributed by atoms with van der Waals surface area (Å²) < 4.78 is 18.1. The number of thiazole rings is 1. The highest BCUT2D eigenvalue weighted by Gasteiger charge is 2.32. The maximum Gasteiger partial charge on any atom is 0.280 e. The number of thiophene rings is 1. The number of aromatic nitrogens is 6. The maximum absolute atomic E-state index is 15.8. The Labute approximate surface area is 252 Å². The molecule has 0 saturated carbocycles. The fraction of sp³-hybridized carbons (Fsp3) is 0.207.